The zero-order chi connectivity index (χ0) is 18.1. The summed E-state index contributed by atoms with van der Waals surface area (Å²) in [6.45, 7) is 0. The lowest BCUT2D eigenvalue weighted by molar-refractivity contribution is 0.0720. The largest absolute Gasteiger partial charge is 0.387 e. The summed E-state index contributed by atoms with van der Waals surface area (Å²) in [6.07, 6.45) is 7.24. The summed E-state index contributed by atoms with van der Waals surface area (Å²) < 4.78 is 5.27. The van der Waals surface area contributed by atoms with Crippen molar-refractivity contribution in [1.29, 1.82) is 0 Å². The highest BCUT2D eigenvalue weighted by molar-refractivity contribution is 6.32. The molecule has 1 aromatic carbocycles. The molecule has 0 radical (unpaired) electrons. The van der Waals surface area contributed by atoms with E-state index >= 15 is 0 Å². The molecule has 0 saturated carbocycles. The maximum atomic E-state index is 12.2. The van der Waals surface area contributed by atoms with Gasteiger partial charge in [-0.3, -0.25) is 5.10 Å². The van der Waals surface area contributed by atoms with Gasteiger partial charge in [0.2, 0.25) is 0 Å². The molecule has 2 aromatic heterocycles. The van der Waals surface area contributed by atoms with Crippen LogP contribution >= 0.6 is 23.2 Å². The number of H-pyrrole nitrogens is 1. The van der Waals surface area contributed by atoms with Crippen LogP contribution in [0.25, 0.3) is 11.0 Å². The molecule has 0 spiro atoms. The first-order chi connectivity index (χ1) is 12.5. The Balaban J connectivity index is 1.68. The fourth-order valence-corrected chi connectivity index (χ4v) is 3.39. The summed E-state index contributed by atoms with van der Waals surface area (Å²) in [4.78, 5) is 19.6. The number of esters is 1. The summed E-state index contributed by atoms with van der Waals surface area (Å²) in [5.74, 6) is -0.542. The minimum Gasteiger partial charge on any atom is -0.387 e. The first-order valence-electron chi connectivity index (χ1n) is 7.77. The molecular formula is C18H12Cl2N4O2. The number of hydrogen-bond acceptors (Lipinski definition) is 5. The van der Waals surface area contributed by atoms with Crippen LogP contribution in [0.5, 0.6) is 6.01 Å². The van der Waals surface area contributed by atoms with Crippen molar-refractivity contribution in [2.45, 2.75) is 11.3 Å². The molecule has 26 heavy (non-hydrogen) atoms. The first-order valence-corrected chi connectivity index (χ1v) is 8.52. The molecule has 0 fully saturated rings. The molecule has 1 N–H and O–H groups in total. The number of nitrogens with zero attached hydrogens (tertiary/aromatic N) is 3. The van der Waals surface area contributed by atoms with Crippen LogP contribution in [0.4, 0.5) is 0 Å². The second-order valence-corrected chi connectivity index (χ2v) is 6.91. The molecule has 0 aliphatic heterocycles. The number of hydrogen-bond donors (Lipinski definition) is 1. The quantitative estimate of drug-likeness (QED) is 0.541. The standard InChI is InChI=1S/C18H12Cl2N4O2/c19-12-7-4-8-18(20,9-12)15-14-13(23-24-15)10-21-17(22-14)26-16(25)11-5-2-1-3-6-11/h1-8,10H,9H2,(H,23,24). The molecule has 1 aliphatic carbocycles. The molecule has 0 amide bonds. The minimum atomic E-state index is -0.907. The molecule has 0 bridgehead atoms. The van der Waals surface area contributed by atoms with E-state index in [1.807, 2.05) is 12.1 Å². The molecule has 4 rings (SSSR count). The fraction of sp³-hybridized carbons (Fsp3) is 0.111. The summed E-state index contributed by atoms with van der Waals surface area (Å²) in [5, 5.41) is 7.69. The van der Waals surface area contributed by atoms with Crippen LogP contribution in [-0.4, -0.2) is 26.1 Å². The summed E-state index contributed by atoms with van der Waals surface area (Å²) >= 11 is 12.8. The number of carbonyl (C=O) groups is 1. The number of alkyl halides is 1. The second-order valence-electron chi connectivity index (χ2n) is 5.75. The van der Waals surface area contributed by atoms with Crippen LogP contribution in [0.15, 0.2) is 59.8 Å². The molecule has 2 heterocycles. The lowest BCUT2D eigenvalue weighted by Gasteiger charge is -2.23. The molecule has 1 atom stereocenters. The van der Waals surface area contributed by atoms with E-state index in [1.165, 1.54) is 6.20 Å². The monoisotopic (exact) mass is 386 g/mol. The van der Waals surface area contributed by atoms with Crippen LogP contribution in [-0.2, 0) is 4.87 Å². The van der Waals surface area contributed by atoms with Crippen molar-refractivity contribution in [2.75, 3.05) is 0 Å². The van der Waals surface area contributed by atoms with Crippen molar-refractivity contribution in [2.24, 2.45) is 0 Å². The Hall–Kier alpha value is -2.70. The van der Waals surface area contributed by atoms with Gasteiger partial charge in [-0.1, -0.05) is 42.0 Å². The summed E-state index contributed by atoms with van der Waals surface area (Å²) in [7, 11) is 0. The number of fused-ring (bicyclic) bond motifs is 1. The van der Waals surface area contributed by atoms with Crippen LogP contribution in [0.1, 0.15) is 22.5 Å². The molecular weight excluding hydrogens is 375 g/mol. The van der Waals surface area contributed by atoms with E-state index in [2.05, 4.69) is 20.2 Å². The highest BCUT2D eigenvalue weighted by atomic mass is 35.5. The highest BCUT2D eigenvalue weighted by Gasteiger charge is 2.34. The number of carbonyl (C=O) groups excluding carboxylic acids is 1. The summed E-state index contributed by atoms with van der Waals surface area (Å²) in [5.41, 5.74) is 1.96. The number of nitrogens with one attached hydrogen (secondary N) is 1. The molecule has 1 aliphatic rings. The molecule has 130 valence electrons. The molecule has 6 nitrogen and oxygen atoms in total. The lowest BCUT2D eigenvalue weighted by atomic mass is 9.95. The average Bonchev–Trinajstić information content (AvgIpc) is 3.06. The Kier molecular flexibility index (Phi) is 4.22. The van der Waals surface area contributed by atoms with Crippen LogP contribution in [0.3, 0.4) is 0 Å². The Morgan fingerprint density at radius 1 is 1.27 bits per heavy atom. The zero-order valence-corrected chi connectivity index (χ0v) is 14.8. The number of halogens is 2. The van der Waals surface area contributed by atoms with Crippen LogP contribution < -0.4 is 4.74 Å². The van der Waals surface area contributed by atoms with E-state index in [0.717, 1.165) is 0 Å². The average molecular weight is 387 g/mol. The number of ether oxygens (including phenoxy) is 1. The molecule has 1 unspecified atom stereocenters. The third-order valence-electron chi connectivity index (χ3n) is 3.94. The van der Waals surface area contributed by atoms with Crippen molar-refractivity contribution in [3.63, 3.8) is 0 Å². The van der Waals surface area contributed by atoms with Gasteiger partial charge in [0.15, 0.2) is 0 Å². The van der Waals surface area contributed by atoms with Crippen molar-refractivity contribution in [3.8, 4) is 6.01 Å². The number of benzene rings is 1. The predicted octanol–water partition coefficient (Wildman–Crippen LogP) is 4.09. The highest BCUT2D eigenvalue weighted by Crippen LogP contribution is 2.41. The van der Waals surface area contributed by atoms with Gasteiger partial charge in [0.25, 0.3) is 0 Å². The van der Waals surface area contributed by atoms with Gasteiger partial charge in [0.05, 0.1) is 17.5 Å². The number of aromatic nitrogens is 4. The third kappa shape index (κ3) is 3.09. The zero-order valence-electron chi connectivity index (χ0n) is 13.3. The number of rotatable bonds is 3. The number of aromatic amines is 1. The second kappa shape index (κ2) is 6.55. The van der Waals surface area contributed by atoms with E-state index in [0.29, 0.717) is 33.7 Å². The van der Waals surface area contributed by atoms with Crippen LogP contribution in [0, 0.1) is 0 Å². The predicted molar refractivity (Wildman–Crippen MR) is 98.3 cm³/mol. The molecule has 0 saturated heterocycles. The molecule has 3 aromatic rings. The Morgan fingerprint density at radius 2 is 2.08 bits per heavy atom. The van der Waals surface area contributed by atoms with Gasteiger partial charge in [-0.15, -0.1) is 11.6 Å². The Labute approximate surface area is 158 Å². The van der Waals surface area contributed by atoms with Crippen molar-refractivity contribution in [1.82, 2.24) is 20.2 Å². The van der Waals surface area contributed by atoms with Crippen LogP contribution in [0.2, 0.25) is 0 Å². The van der Waals surface area contributed by atoms with Gasteiger partial charge in [0, 0.05) is 11.5 Å². The third-order valence-corrected chi connectivity index (χ3v) is 4.65. The van der Waals surface area contributed by atoms with Crippen molar-refractivity contribution >= 4 is 40.2 Å². The van der Waals surface area contributed by atoms with E-state index in [1.54, 1.807) is 36.4 Å². The van der Waals surface area contributed by atoms with Gasteiger partial charge in [0.1, 0.15) is 15.9 Å². The fourth-order valence-electron chi connectivity index (χ4n) is 2.69. The van der Waals surface area contributed by atoms with E-state index in [9.17, 15) is 4.79 Å². The van der Waals surface area contributed by atoms with Gasteiger partial charge >= 0.3 is 12.0 Å². The van der Waals surface area contributed by atoms with Gasteiger partial charge in [-0.05, 0) is 18.2 Å². The Morgan fingerprint density at radius 3 is 2.85 bits per heavy atom. The Bertz CT molecular complexity index is 1050. The maximum absolute atomic E-state index is 12.2. The summed E-state index contributed by atoms with van der Waals surface area (Å²) in [6, 6.07) is 8.54. The van der Waals surface area contributed by atoms with Gasteiger partial charge < -0.3 is 4.74 Å². The van der Waals surface area contributed by atoms with Crippen molar-refractivity contribution in [3.05, 3.63) is 71.0 Å². The minimum absolute atomic E-state index is 0.0734. The van der Waals surface area contributed by atoms with E-state index in [-0.39, 0.29) is 6.01 Å². The number of allylic oxidation sites excluding steroid dienone is 4. The van der Waals surface area contributed by atoms with E-state index in [4.69, 9.17) is 27.9 Å². The molecule has 8 heteroatoms. The first kappa shape index (κ1) is 16.8. The van der Waals surface area contributed by atoms with Gasteiger partial charge in [-0.25, -0.2) is 9.78 Å². The normalized spacial score (nSPS) is 19.4. The van der Waals surface area contributed by atoms with Gasteiger partial charge in [-0.2, -0.15) is 10.1 Å². The van der Waals surface area contributed by atoms with Crippen molar-refractivity contribution < 1.29 is 9.53 Å². The topological polar surface area (TPSA) is 80.8 Å². The lowest BCUT2D eigenvalue weighted by Crippen LogP contribution is -2.19. The van der Waals surface area contributed by atoms with E-state index < -0.39 is 10.8 Å². The smallest absolute Gasteiger partial charge is 0.345 e. The SMILES string of the molecule is O=C(Oc1ncc2n[nH]c(C3(Cl)C=CC=C(Cl)C3)c2n1)c1ccccc1. The maximum Gasteiger partial charge on any atom is 0.345 e.